The molecule has 0 N–H and O–H groups in total. The van der Waals surface area contributed by atoms with Gasteiger partial charge in [-0.25, -0.2) is 4.98 Å². The zero-order valence-electron chi connectivity index (χ0n) is 20.5. The Morgan fingerprint density at radius 1 is 1.15 bits per heavy atom. The number of thioether (sulfide) groups is 1. The predicted octanol–water partition coefficient (Wildman–Crippen LogP) is 5.54. The molecule has 5 nitrogen and oxygen atoms in total. The lowest BCUT2D eigenvalue weighted by molar-refractivity contribution is -0.130. The topological polar surface area (TPSA) is 55.2 Å². The fourth-order valence-electron chi connectivity index (χ4n) is 5.64. The molecule has 2 unspecified atom stereocenters. The van der Waals surface area contributed by atoms with Crippen LogP contribution in [0, 0.1) is 25.7 Å². The van der Waals surface area contributed by atoms with Crippen molar-refractivity contribution in [3.05, 3.63) is 50.1 Å². The van der Waals surface area contributed by atoms with Gasteiger partial charge in [0.15, 0.2) is 5.16 Å². The third-order valence-corrected chi connectivity index (χ3v) is 9.21. The number of fused-ring (bicyclic) bond motifs is 3. The predicted molar refractivity (Wildman–Crippen MR) is 142 cm³/mol. The highest BCUT2D eigenvalue weighted by Crippen LogP contribution is 2.35. The zero-order valence-corrected chi connectivity index (χ0v) is 22.2. The molecule has 7 heteroatoms. The Hall–Kier alpha value is -2.12. The van der Waals surface area contributed by atoms with Gasteiger partial charge >= 0.3 is 0 Å². The summed E-state index contributed by atoms with van der Waals surface area (Å²) in [6, 6.07) is 6.15. The minimum Gasteiger partial charge on any atom is -0.341 e. The molecule has 2 atom stereocenters. The van der Waals surface area contributed by atoms with E-state index >= 15 is 0 Å². The molecule has 2 aliphatic rings. The summed E-state index contributed by atoms with van der Waals surface area (Å²) < 4.78 is 1.76. The van der Waals surface area contributed by atoms with Gasteiger partial charge in [0.25, 0.3) is 5.56 Å². The van der Waals surface area contributed by atoms with Crippen molar-refractivity contribution in [2.75, 3.05) is 18.8 Å². The fourth-order valence-corrected chi connectivity index (χ4v) is 7.85. The number of piperidine rings is 1. The van der Waals surface area contributed by atoms with E-state index < -0.39 is 0 Å². The molecule has 2 aromatic heterocycles. The molecule has 3 aromatic rings. The lowest BCUT2D eigenvalue weighted by Gasteiger charge is -2.35. The summed E-state index contributed by atoms with van der Waals surface area (Å²) in [6.07, 6.45) is 5.46. The van der Waals surface area contributed by atoms with Crippen LogP contribution in [0.1, 0.15) is 54.7 Å². The number of carbonyl (C=O) groups excluding carboxylic acids is 1. The Balaban J connectivity index is 1.56. The summed E-state index contributed by atoms with van der Waals surface area (Å²) in [6.45, 7) is 10.2. The van der Waals surface area contributed by atoms with Crippen molar-refractivity contribution < 1.29 is 4.79 Å². The SMILES string of the molecule is Cc1ccc(-n2c(SCC(=O)N3CC(C)CC(C)C3)nc3sc4c(c3c2=O)CCCC4)c(C)c1. The number of hydrogen-bond acceptors (Lipinski definition) is 5. The van der Waals surface area contributed by atoms with Crippen molar-refractivity contribution in [1.29, 1.82) is 0 Å². The van der Waals surface area contributed by atoms with Crippen LogP contribution in [0.5, 0.6) is 0 Å². The second-order valence-corrected chi connectivity index (χ2v) is 12.3. The highest BCUT2D eigenvalue weighted by atomic mass is 32.2. The van der Waals surface area contributed by atoms with Crippen molar-refractivity contribution in [1.82, 2.24) is 14.5 Å². The zero-order chi connectivity index (χ0) is 24.0. The number of thiophene rings is 1. The van der Waals surface area contributed by atoms with Crippen LogP contribution in [0.2, 0.25) is 0 Å². The van der Waals surface area contributed by atoms with Gasteiger partial charge in [-0.3, -0.25) is 14.2 Å². The Morgan fingerprint density at radius 2 is 1.88 bits per heavy atom. The first kappa shape index (κ1) is 23.6. The molecule has 0 bridgehead atoms. The molecule has 180 valence electrons. The second kappa shape index (κ2) is 9.50. The molecule has 0 saturated carbocycles. The fraction of sp³-hybridized carbons (Fsp3) is 0.519. The van der Waals surface area contributed by atoms with E-state index in [0.29, 0.717) is 22.7 Å². The first-order valence-electron chi connectivity index (χ1n) is 12.4. The molecule has 3 heterocycles. The average molecular weight is 496 g/mol. The van der Waals surface area contributed by atoms with Gasteiger partial charge in [0.2, 0.25) is 5.91 Å². The quantitative estimate of drug-likeness (QED) is 0.352. The van der Waals surface area contributed by atoms with Crippen molar-refractivity contribution in [3.63, 3.8) is 0 Å². The maximum absolute atomic E-state index is 14.0. The summed E-state index contributed by atoms with van der Waals surface area (Å²) in [5, 5.41) is 1.41. The van der Waals surface area contributed by atoms with Crippen molar-refractivity contribution in [3.8, 4) is 5.69 Å². The number of hydrogen-bond donors (Lipinski definition) is 0. The van der Waals surface area contributed by atoms with Crippen molar-refractivity contribution in [2.45, 2.75) is 65.0 Å². The summed E-state index contributed by atoms with van der Waals surface area (Å²) in [5.74, 6) is 1.49. The van der Waals surface area contributed by atoms with Crippen LogP contribution in [0.25, 0.3) is 15.9 Å². The average Bonchev–Trinajstić information content (AvgIpc) is 3.16. The third kappa shape index (κ3) is 4.44. The van der Waals surface area contributed by atoms with Gasteiger partial charge in [-0.2, -0.15) is 0 Å². The molecule has 1 aromatic carbocycles. The normalized spacial score (nSPS) is 20.5. The number of benzene rings is 1. The van der Waals surface area contributed by atoms with Gasteiger partial charge in [-0.1, -0.05) is 43.3 Å². The van der Waals surface area contributed by atoms with Crippen molar-refractivity contribution in [2.24, 2.45) is 11.8 Å². The van der Waals surface area contributed by atoms with Crippen molar-refractivity contribution >= 4 is 39.2 Å². The van der Waals surface area contributed by atoms with E-state index in [2.05, 4.69) is 26.8 Å². The Morgan fingerprint density at radius 3 is 2.62 bits per heavy atom. The number of likely N-dealkylation sites (tertiary alicyclic amines) is 1. The largest absolute Gasteiger partial charge is 0.341 e. The maximum Gasteiger partial charge on any atom is 0.267 e. The first-order chi connectivity index (χ1) is 16.3. The van der Waals surface area contributed by atoms with E-state index in [1.54, 1.807) is 15.9 Å². The molecule has 0 spiro atoms. The number of amides is 1. The Bertz CT molecular complexity index is 1300. The minimum absolute atomic E-state index is 0.00604. The van der Waals surface area contributed by atoms with Gasteiger partial charge in [0, 0.05) is 18.0 Å². The van der Waals surface area contributed by atoms with Crippen LogP contribution in [-0.4, -0.2) is 39.2 Å². The smallest absolute Gasteiger partial charge is 0.267 e. The van der Waals surface area contributed by atoms with Gasteiger partial charge in [0.05, 0.1) is 16.8 Å². The summed E-state index contributed by atoms with van der Waals surface area (Å²) in [7, 11) is 0. The van der Waals surface area contributed by atoms with E-state index in [0.717, 1.165) is 59.4 Å². The molecule has 1 aliphatic carbocycles. The number of aryl methyl sites for hydroxylation is 4. The first-order valence-corrected chi connectivity index (χ1v) is 14.2. The van der Waals surface area contributed by atoms with Crippen LogP contribution in [0.3, 0.4) is 0 Å². The van der Waals surface area contributed by atoms with Gasteiger partial charge in [0.1, 0.15) is 4.83 Å². The van der Waals surface area contributed by atoms with Gasteiger partial charge < -0.3 is 4.90 Å². The number of carbonyl (C=O) groups is 1. The van der Waals surface area contributed by atoms with Crippen LogP contribution in [0.15, 0.2) is 28.2 Å². The molecule has 0 radical (unpaired) electrons. The lowest BCUT2D eigenvalue weighted by Crippen LogP contribution is -2.43. The molecule has 1 amide bonds. The van der Waals surface area contributed by atoms with Gasteiger partial charge in [-0.15, -0.1) is 11.3 Å². The lowest BCUT2D eigenvalue weighted by atomic mass is 9.92. The van der Waals surface area contributed by atoms with Gasteiger partial charge in [-0.05, 0) is 75.0 Å². The van der Waals surface area contributed by atoms with E-state index in [1.807, 2.05) is 24.0 Å². The van der Waals surface area contributed by atoms with E-state index in [4.69, 9.17) is 4.98 Å². The highest BCUT2D eigenvalue weighted by Gasteiger charge is 2.27. The maximum atomic E-state index is 14.0. The molecule has 5 rings (SSSR count). The molecular formula is C27H33N3O2S2. The Kier molecular flexibility index (Phi) is 6.60. The Labute approximate surface area is 209 Å². The molecule has 1 fully saturated rings. The number of rotatable bonds is 4. The number of aromatic nitrogens is 2. The molecule has 34 heavy (non-hydrogen) atoms. The summed E-state index contributed by atoms with van der Waals surface area (Å²) in [5.41, 5.74) is 4.27. The minimum atomic E-state index is 0.00604. The monoisotopic (exact) mass is 495 g/mol. The standard InChI is InChI=1S/C27H33N3O2S2/c1-16-9-10-21(19(4)12-16)30-26(32)24-20-7-5-6-8-22(20)34-25(24)28-27(30)33-15-23(31)29-13-17(2)11-18(3)14-29/h9-10,12,17-18H,5-8,11,13-15H2,1-4H3. The molecule has 1 aliphatic heterocycles. The summed E-state index contributed by atoms with van der Waals surface area (Å²) >= 11 is 3.07. The summed E-state index contributed by atoms with van der Waals surface area (Å²) in [4.78, 5) is 36.2. The highest BCUT2D eigenvalue weighted by molar-refractivity contribution is 7.99. The van der Waals surface area contributed by atoms with E-state index in [-0.39, 0.29) is 11.5 Å². The van der Waals surface area contributed by atoms with Crippen LogP contribution in [-0.2, 0) is 17.6 Å². The van der Waals surface area contributed by atoms with Crippen LogP contribution < -0.4 is 5.56 Å². The molecular weight excluding hydrogens is 462 g/mol. The van der Waals surface area contributed by atoms with Crippen LogP contribution >= 0.6 is 23.1 Å². The van der Waals surface area contributed by atoms with Crippen LogP contribution in [0.4, 0.5) is 0 Å². The molecule has 1 saturated heterocycles. The van der Waals surface area contributed by atoms with E-state index in [1.165, 1.54) is 35.0 Å². The van der Waals surface area contributed by atoms with E-state index in [9.17, 15) is 9.59 Å². The third-order valence-electron chi connectivity index (χ3n) is 7.10. The second-order valence-electron chi connectivity index (χ2n) is 10.2. The number of nitrogens with zero attached hydrogens (tertiary/aromatic N) is 3.